The van der Waals surface area contributed by atoms with E-state index in [1.54, 1.807) is 42.5 Å². The Labute approximate surface area is 193 Å². The highest BCUT2D eigenvalue weighted by atomic mass is 32.2. The van der Waals surface area contributed by atoms with E-state index in [1.165, 1.54) is 19.3 Å². The van der Waals surface area contributed by atoms with Crippen molar-refractivity contribution in [1.82, 2.24) is 9.36 Å². The van der Waals surface area contributed by atoms with Crippen LogP contribution in [0.3, 0.4) is 0 Å². The molecule has 1 amide bonds. The van der Waals surface area contributed by atoms with Crippen LogP contribution in [0.5, 0.6) is 11.5 Å². The predicted octanol–water partition coefficient (Wildman–Crippen LogP) is 3.21. The molecule has 0 unspecified atom stereocenters. The molecule has 1 N–H and O–H groups in total. The van der Waals surface area contributed by atoms with Crippen molar-refractivity contribution in [2.75, 3.05) is 18.7 Å². The number of methoxy groups -OCH3 is 1. The minimum atomic E-state index is -3.62. The summed E-state index contributed by atoms with van der Waals surface area (Å²) in [7, 11) is -2.20. The molecule has 0 radical (unpaired) electrons. The van der Waals surface area contributed by atoms with Crippen LogP contribution < -0.4 is 14.8 Å². The molecule has 0 fully saturated rings. The number of anilines is 1. The molecule has 9 nitrogen and oxygen atoms in total. The van der Waals surface area contributed by atoms with Crippen LogP contribution in [0, 0.1) is 17.1 Å². The summed E-state index contributed by atoms with van der Waals surface area (Å²) in [5.41, 5.74) is 0.585. The van der Waals surface area contributed by atoms with E-state index in [0.717, 1.165) is 6.26 Å². The lowest BCUT2D eigenvalue weighted by Crippen LogP contribution is -2.13. The number of carbonyl (C=O) groups is 1. The van der Waals surface area contributed by atoms with Gasteiger partial charge < -0.3 is 9.47 Å². The smallest absolute Gasteiger partial charge is 0.268 e. The highest BCUT2D eigenvalue weighted by Crippen LogP contribution is 2.30. The van der Waals surface area contributed by atoms with Crippen molar-refractivity contribution < 1.29 is 27.1 Å². The quantitative estimate of drug-likeness (QED) is 0.378. The molecule has 3 rings (SSSR count). The lowest BCUT2D eigenvalue weighted by Gasteiger charge is -2.12. The number of hydrogen-bond acceptors (Lipinski definition) is 9. The molecule has 1 heterocycles. The van der Waals surface area contributed by atoms with Gasteiger partial charge in [-0.05, 0) is 29.8 Å². The lowest BCUT2D eigenvalue weighted by atomic mass is 10.1. The summed E-state index contributed by atoms with van der Waals surface area (Å²) >= 11 is 0.679. The maximum absolute atomic E-state index is 13.8. The minimum Gasteiger partial charge on any atom is -0.493 e. The average molecular weight is 489 g/mol. The molecule has 12 heteroatoms. The van der Waals surface area contributed by atoms with Gasteiger partial charge in [-0.15, -0.1) is 0 Å². The Hall–Kier alpha value is -3.82. The van der Waals surface area contributed by atoms with Crippen LogP contribution in [0.2, 0.25) is 0 Å². The van der Waals surface area contributed by atoms with Gasteiger partial charge in [-0.1, -0.05) is 24.3 Å². The van der Waals surface area contributed by atoms with Gasteiger partial charge in [-0.25, -0.2) is 12.8 Å². The third-order valence-corrected chi connectivity index (χ3v) is 5.76. The van der Waals surface area contributed by atoms with Gasteiger partial charge in [-0.2, -0.15) is 14.6 Å². The van der Waals surface area contributed by atoms with Gasteiger partial charge in [0.1, 0.15) is 24.1 Å². The first-order valence-corrected chi connectivity index (χ1v) is 11.9. The molecule has 0 aliphatic rings. The van der Waals surface area contributed by atoms with Crippen molar-refractivity contribution in [2.45, 2.75) is 11.8 Å². The van der Waals surface area contributed by atoms with E-state index in [0.29, 0.717) is 34.2 Å². The SMILES string of the molecule is COc1cc(C=C(C#N)C(=O)Nc2nc(S(C)(=O)=O)ns2)ccc1OCc1ccccc1F. The Balaban J connectivity index is 1.76. The van der Waals surface area contributed by atoms with Gasteiger partial charge in [0.2, 0.25) is 15.0 Å². The fourth-order valence-corrected chi connectivity index (χ4v) is 3.99. The third-order valence-electron chi connectivity index (χ3n) is 4.16. The normalized spacial score (nSPS) is 11.5. The Kier molecular flexibility index (Phi) is 7.37. The number of sulfone groups is 1. The zero-order valence-electron chi connectivity index (χ0n) is 17.4. The summed E-state index contributed by atoms with van der Waals surface area (Å²) in [5, 5.41) is 11.3. The van der Waals surface area contributed by atoms with Gasteiger partial charge in [0.05, 0.1) is 7.11 Å². The van der Waals surface area contributed by atoms with Crippen LogP contribution in [-0.4, -0.2) is 37.0 Å². The number of rotatable bonds is 8. The van der Waals surface area contributed by atoms with Gasteiger partial charge in [0.15, 0.2) is 11.5 Å². The maximum Gasteiger partial charge on any atom is 0.268 e. The summed E-state index contributed by atoms with van der Waals surface area (Å²) in [6.45, 7) is -0.0125. The molecule has 33 heavy (non-hydrogen) atoms. The van der Waals surface area contributed by atoms with E-state index in [9.17, 15) is 22.9 Å². The Morgan fingerprint density at radius 1 is 1.27 bits per heavy atom. The summed E-state index contributed by atoms with van der Waals surface area (Å²) in [6.07, 6.45) is 2.26. The minimum absolute atomic E-state index is 0.0125. The van der Waals surface area contributed by atoms with Crippen LogP contribution in [0.4, 0.5) is 9.52 Å². The maximum atomic E-state index is 13.8. The largest absolute Gasteiger partial charge is 0.493 e. The van der Waals surface area contributed by atoms with E-state index in [1.807, 2.05) is 0 Å². The highest BCUT2D eigenvalue weighted by molar-refractivity contribution is 7.90. The first-order valence-electron chi connectivity index (χ1n) is 9.22. The first-order chi connectivity index (χ1) is 15.7. The van der Waals surface area contributed by atoms with Crippen molar-refractivity contribution in [2.24, 2.45) is 0 Å². The van der Waals surface area contributed by atoms with Crippen LogP contribution in [0.1, 0.15) is 11.1 Å². The van der Waals surface area contributed by atoms with Gasteiger partial charge in [-0.3, -0.25) is 10.1 Å². The second-order valence-corrected chi connectivity index (χ2v) is 9.23. The fraction of sp³-hybridized carbons (Fsp3) is 0.143. The third kappa shape index (κ3) is 6.12. The monoisotopic (exact) mass is 488 g/mol. The second-order valence-electron chi connectivity index (χ2n) is 6.57. The molecule has 3 aromatic rings. The number of nitrogens with one attached hydrogen (secondary N) is 1. The number of ether oxygens (including phenoxy) is 2. The second kappa shape index (κ2) is 10.2. The van der Waals surface area contributed by atoms with Crippen LogP contribution >= 0.6 is 11.5 Å². The van der Waals surface area contributed by atoms with E-state index in [2.05, 4.69) is 14.7 Å². The highest BCUT2D eigenvalue weighted by Gasteiger charge is 2.18. The van der Waals surface area contributed by atoms with E-state index < -0.39 is 20.9 Å². The first kappa shape index (κ1) is 23.8. The number of halogens is 1. The van der Waals surface area contributed by atoms with Crippen LogP contribution in [-0.2, 0) is 21.2 Å². The summed E-state index contributed by atoms with van der Waals surface area (Å²) in [5.74, 6) is -0.505. The average Bonchev–Trinajstić information content (AvgIpc) is 3.26. The van der Waals surface area contributed by atoms with Crippen molar-refractivity contribution in [3.05, 3.63) is 65.0 Å². The van der Waals surface area contributed by atoms with E-state index in [-0.39, 0.29) is 23.1 Å². The molecule has 0 saturated carbocycles. The van der Waals surface area contributed by atoms with Crippen molar-refractivity contribution in [1.29, 1.82) is 5.26 Å². The number of amides is 1. The molecule has 0 saturated heterocycles. The van der Waals surface area contributed by atoms with Crippen molar-refractivity contribution in [3.63, 3.8) is 0 Å². The summed E-state index contributed by atoms with van der Waals surface area (Å²) < 4.78 is 51.3. The topological polar surface area (TPSA) is 131 Å². The van der Waals surface area contributed by atoms with Gasteiger partial charge in [0.25, 0.3) is 11.1 Å². The Morgan fingerprint density at radius 3 is 2.67 bits per heavy atom. The van der Waals surface area contributed by atoms with Crippen molar-refractivity contribution >= 4 is 38.5 Å². The standard InChI is InChI=1S/C21H17FN4O5S2/c1-30-18-10-13(7-8-17(18)31-12-14-5-3-4-6-16(14)22)9-15(11-23)19(27)24-20-25-21(26-32-20)33(2,28)29/h3-10H,12H2,1-2H3,(H,24,25,26,27). The summed E-state index contributed by atoms with van der Waals surface area (Å²) in [4.78, 5) is 16.1. The Morgan fingerprint density at radius 2 is 2.03 bits per heavy atom. The summed E-state index contributed by atoms with van der Waals surface area (Å²) in [6, 6.07) is 12.7. The number of aromatic nitrogens is 2. The number of nitriles is 1. The molecule has 2 aromatic carbocycles. The van der Waals surface area contributed by atoms with E-state index in [4.69, 9.17) is 9.47 Å². The molecule has 0 aliphatic heterocycles. The molecular weight excluding hydrogens is 471 g/mol. The molecular formula is C21H17FN4O5S2. The van der Waals surface area contributed by atoms with Crippen LogP contribution in [0.15, 0.2) is 53.2 Å². The lowest BCUT2D eigenvalue weighted by molar-refractivity contribution is -0.112. The predicted molar refractivity (Wildman–Crippen MR) is 119 cm³/mol. The van der Waals surface area contributed by atoms with Crippen molar-refractivity contribution in [3.8, 4) is 17.6 Å². The van der Waals surface area contributed by atoms with Gasteiger partial charge in [0, 0.05) is 23.4 Å². The molecule has 1 aromatic heterocycles. The molecule has 170 valence electrons. The molecule has 0 atom stereocenters. The molecule has 0 aliphatic carbocycles. The zero-order valence-corrected chi connectivity index (χ0v) is 19.0. The molecule has 0 bridgehead atoms. The Bertz CT molecular complexity index is 1360. The zero-order chi connectivity index (χ0) is 24.0. The van der Waals surface area contributed by atoms with E-state index >= 15 is 0 Å². The van der Waals surface area contributed by atoms with Crippen LogP contribution in [0.25, 0.3) is 6.08 Å². The number of hydrogen-bond donors (Lipinski definition) is 1. The van der Waals surface area contributed by atoms with Gasteiger partial charge >= 0.3 is 0 Å². The molecule has 0 spiro atoms. The fourth-order valence-electron chi connectivity index (χ4n) is 2.56. The number of carbonyl (C=O) groups excluding carboxylic acids is 1. The number of nitrogens with zero attached hydrogens (tertiary/aromatic N) is 3. The number of benzene rings is 2.